The van der Waals surface area contributed by atoms with Gasteiger partial charge in [-0.25, -0.2) is 0 Å². The van der Waals surface area contributed by atoms with Gasteiger partial charge in [0.1, 0.15) is 0 Å². The van der Waals surface area contributed by atoms with Gasteiger partial charge in [0.15, 0.2) is 0 Å². The largest absolute Gasteiger partial charge is 0.316 e. The monoisotopic (exact) mass is 160 g/mol. The van der Waals surface area contributed by atoms with Crippen molar-refractivity contribution in [3.63, 3.8) is 0 Å². The molecule has 1 atom stereocenters. The summed E-state index contributed by atoms with van der Waals surface area (Å²) in [5.41, 5.74) is 7.83. The molecule has 0 bridgehead atoms. The summed E-state index contributed by atoms with van der Waals surface area (Å²) in [6.07, 6.45) is 0.636. The normalized spacial score (nSPS) is 12.1. The Bertz CT molecular complexity index is 282. The van der Waals surface area contributed by atoms with E-state index in [0.29, 0.717) is 6.42 Å². The predicted octanol–water partition coefficient (Wildman–Crippen LogP) is 1.39. The van der Waals surface area contributed by atoms with Crippen LogP contribution in [0.25, 0.3) is 0 Å². The number of benzene rings is 1. The topological polar surface area (TPSA) is 49.8 Å². The van der Waals surface area contributed by atoms with Gasteiger partial charge in [-0.05, 0) is 12.5 Å². The molecule has 1 rings (SSSR count). The van der Waals surface area contributed by atoms with Crippen LogP contribution in [0, 0.1) is 18.3 Å². The Morgan fingerprint density at radius 3 is 2.50 bits per heavy atom. The quantitative estimate of drug-likeness (QED) is 0.710. The Balaban J connectivity index is 2.66. The number of nitrogens with zero attached hydrogens (tertiary/aromatic N) is 1. The van der Waals surface area contributed by atoms with Crippen LogP contribution in [0.15, 0.2) is 24.3 Å². The summed E-state index contributed by atoms with van der Waals surface area (Å²) in [4.78, 5) is 0. The molecule has 0 fully saturated rings. The standard InChI is InChI=1S/C10H12N2/c1-8-2-4-9(5-3-8)6-10(12)7-11/h2-5,10H,6,12H2,1H3/t10-/m0/s1. The molecule has 0 saturated heterocycles. The first-order chi connectivity index (χ1) is 5.72. The van der Waals surface area contributed by atoms with Crippen LogP contribution in [0.5, 0.6) is 0 Å². The van der Waals surface area contributed by atoms with Crippen molar-refractivity contribution in [2.24, 2.45) is 5.73 Å². The maximum absolute atomic E-state index is 8.48. The Morgan fingerprint density at radius 1 is 1.42 bits per heavy atom. The zero-order valence-corrected chi connectivity index (χ0v) is 7.12. The Morgan fingerprint density at radius 2 is 2.00 bits per heavy atom. The first-order valence-corrected chi connectivity index (χ1v) is 3.93. The number of hydrogen-bond acceptors (Lipinski definition) is 2. The lowest BCUT2D eigenvalue weighted by Gasteiger charge is -2.02. The van der Waals surface area contributed by atoms with Gasteiger partial charge in [-0.2, -0.15) is 5.26 Å². The lowest BCUT2D eigenvalue weighted by atomic mass is 10.1. The molecule has 2 heteroatoms. The molecule has 1 aromatic rings. The minimum absolute atomic E-state index is 0.382. The summed E-state index contributed by atoms with van der Waals surface area (Å²) in [7, 11) is 0. The first kappa shape index (κ1) is 8.76. The van der Waals surface area contributed by atoms with Crippen molar-refractivity contribution in [1.29, 1.82) is 5.26 Å². The molecule has 2 nitrogen and oxygen atoms in total. The smallest absolute Gasteiger partial charge is 0.0968 e. The lowest BCUT2D eigenvalue weighted by molar-refractivity contribution is 0.823. The van der Waals surface area contributed by atoms with Gasteiger partial charge in [0.05, 0.1) is 12.1 Å². The fraction of sp³-hybridized carbons (Fsp3) is 0.300. The average Bonchev–Trinajstić information content (AvgIpc) is 2.09. The van der Waals surface area contributed by atoms with Crippen molar-refractivity contribution in [3.05, 3.63) is 35.4 Å². The number of rotatable bonds is 2. The van der Waals surface area contributed by atoms with Crippen molar-refractivity contribution in [2.75, 3.05) is 0 Å². The van der Waals surface area contributed by atoms with E-state index in [1.807, 2.05) is 37.3 Å². The molecule has 62 valence electrons. The molecule has 0 unspecified atom stereocenters. The molecule has 0 spiro atoms. The van der Waals surface area contributed by atoms with Gasteiger partial charge in [0, 0.05) is 6.42 Å². The van der Waals surface area contributed by atoms with Gasteiger partial charge in [-0.1, -0.05) is 29.8 Å². The molecule has 0 amide bonds. The van der Waals surface area contributed by atoms with Crippen molar-refractivity contribution in [2.45, 2.75) is 19.4 Å². The van der Waals surface area contributed by atoms with Gasteiger partial charge in [0.2, 0.25) is 0 Å². The van der Waals surface area contributed by atoms with Crippen LogP contribution < -0.4 is 5.73 Å². The van der Waals surface area contributed by atoms with Crippen LogP contribution in [-0.2, 0) is 6.42 Å². The molecule has 0 aromatic heterocycles. The molecule has 0 aliphatic heterocycles. The number of nitriles is 1. The van der Waals surface area contributed by atoms with Crippen LogP contribution >= 0.6 is 0 Å². The second-order valence-corrected chi connectivity index (χ2v) is 2.93. The molecule has 0 heterocycles. The summed E-state index contributed by atoms with van der Waals surface area (Å²) in [5.74, 6) is 0. The van der Waals surface area contributed by atoms with Crippen LogP contribution in [0.2, 0.25) is 0 Å². The molecular formula is C10H12N2. The van der Waals surface area contributed by atoms with Crippen molar-refractivity contribution in [1.82, 2.24) is 0 Å². The lowest BCUT2D eigenvalue weighted by Crippen LogP contribution is -2.19. The van der Waals surface area contributed by atoms with E-state index in [9.17, 15) is 0 Å². The zero-order valence-electron chi connectivity index (χ0n) is 7.12. The van der Waals surface area contributed by atoms with E-state index < -0.39 is 0 Å². The van der Waals surface area contributed by atoms with Crippen LogP contribution in [0.4, 0.5) is 0 Å². The highest BCUT2D eigenvalue weighted by Crippen LogP contribution is 2.04. The van der Waals surface area contributed by atoms with Crippen molar-refractivity contribution >= 4 is 0 Å². The summed E-state index contributed by atoms with van der Waals surface area (Å²) in [6, 6.07) is 9.69. The molecule has 0 saturated carbocycles. The van der Waals surface area contributed by atoms with E-state index in [4.69, 9.17) is 11.0 Å². The van der Waals surface area contributed by atoms with Gasteiger partial charge in [0.25, 0.3) is 0 Å². The van der Waals surface area contributed by atoms with E-state index in [0.717, 1.165) is 5.56 Å². The molecule has 1 aromatic carbocycles. The third-order valence-electron chi connectivity index (χ3n) is 1.74. The molecule has 0 aliphatic rings. The fourth-order valence-electron chi connectivity index (χ4n) is 1.02. The SMILES string of the molecule is Cc1ccc(C[C@H](N)C#N)cc1. The molecular weight excluding hydrogens is 148 g/mol. The minimum Gasteiger partial charge on any atom is -0.316 e. The van der Waals surface area contributed by atoms with Gasteiger partial charge < -0.3 is 5.73 Å². The second-order valence-electron chi connectivity index (χ2n) is 2.93. The van der Waals surface area contributed by atoms with E-state index in [1.165, 1.54) is 5.56 Å². The van der Waals surface area contributed by atoms with Crippen LogP contribution in [0.1, 0.15) is 11.1 Å². The molecule has 12 heavy (non-hydrogen) atoms. The fourth-order valence-corrected chi connectivity index (χ4v) is 1.02. The molecule has 2 N–H and O–H groups in total. The van der Waals surface area contributed by atoms with Gasteiger partial charge in [-0.15, -0.1) is 0 Å². The number of nitrogens with two attached hydrogens (primary N) is 1. The molecule has 0 aliphatic carbocycles. The number of aryl methyl sites for hydroxylation is 1. The third-order valence-corrected chi connectivity index (χ3v) is 1.74. The van der Waals surface area contributed by atoms with Gasteiger partial charge >= 0.3 is 0 Å². The van der Waals surface area contributed by atoms with E-state index in [-0.39, 0.29) is 6.04 Å². The average molecular weight is 160 g/mol. The Hall–Kier alpha value is -1.33. The first-order valence-electron chi connectivity index (χ1n) is 3.93. The maximum atomic E-state index is 8.48. The summed E-state index contributed by atoms with van der Waals surface area (Å²) >= 11 is 0. The van der Waals surface area contributed by atoms with Crippen molar-refractivity contribution < 1.29 is 0 Å². The van der Waals surface area contributed by atoms with Crippen LogP contribution in [0.3, 0.4) is 0 Å². The van der Waals surface area contributed by atoms with Crippen molar-refractivity contribution in [3.8, 4) is 6.07 Å². The Kier molecular flexibility index (Phi) is 2.84. The second kappa shape index (κ2) is 3.89. The van der Waals surface area contributed by atoms with E-state index in [1.54, 1.807) is 0 Å². The van der Waals surface area contributed by atoms with E-state index >= 15 is 0 Å². The molecule has 0 radical (unpaired) electrons. The van der Waals surface area contributed by atoms with Crippen LogP contribution in [-0.4, -0.2) is 6.04 Å². The predicted molar refractivity (Wildman–Crippen MR) is 48.5 cm³/mol. The van der Waals surface area contributed by atoms with Gasteiger partial charge in [-0.3, -0.25) is 0 Å². The zero-order chi connectivity index (χ0) is 8.97. The summed E-state index contributed by atoms with van der Waals surface area (Å²) < 4.78 is 0. The Labute approximate surface area is 72.6 Å². The van der Waals surface area contributed by atoms with E-state index in [2.05, 4.69) is 0 Å². The number of hydrogen-bond donors (Lipinski definition) is 1. The maximum Gasteiger partial charge on any atom is 0.0968 e. The highest BCUT2D eigenvalue weighted by molar-refractivity contribution is 5.22. The minimum atomic E-state index is -0.382. The third kappa shape index (κ3) is 2.37. The highest BCUT2D eigenvalue weighted by atomic mass is 14.6. The summed E-state index contributed by atoms with van der Waals surface area (Å²) in [5, 5.41) is 8.48. The highest BCUT2D eigenvalue weighted by Gasteiger charge is 2.00. The summed E-state index contributed by atoms with van der Waals surface area (Å²) in [6.45, 7) is 2.04.